The summed E-state index contributed by atoms with van der Waals surface area (Å²) in [7, 11) is 0. The van der Waals surface area contributed by atoms with E-state index in [0.29, 0.717) is 6.04 Å². The Labute approximate surface area is 116 Å². The molecule has 1 nitrogen and oxygen atoms in total. The average molecular weight is 253 g/mol. The van der Waals surface area contributed by atoms with Gasteiger partial charge in [-0.1, -0.05) is 54.1 Å². The number of hydrogen-bond donors (Lipinski definition) is 1. The van der Waals surface area contributed by atoms with E-state index < -0.39 is 0 Å². The molecule has 0 spiro atoms. The second kappa shape index (κ2) is 6.53. The number of hydrogen-bond acceptors (Lipinski definition) is 1. The van der Waals surface area contributed by atoms with Crippen LogP contribution >= 0.6 is 0 Å². The smallest absolute Gasteiger partial charge is 0.0210 e. The normalized spacial score (nSPS) is 12.4. The molecular weight excluding hydrogens is 230 g/mol. The van der Waals surface area contributed by atoms with E-state index >= 15 is 0 Å². The fraction of sp³-hybridized carbons (Fsp3) is 0.333. The molecule has 0 aliphatic heterocycles. The summed E-state index contributed by atoms with van der Waals surface area (Å²) in [4.78, 5) is 0. The fourth-order valence-electron chi connectivity index (χ4n) is 2.31. The van der Waals surface area contributed by atoms with Gasteiger partial charge < -0.3 is 5.32 Å². The van der Waals surface area contributed by atoms with Crippen LogP contribution in [0.4, 0.5) is 0 Å². The Morgan fingerprint density at radius 1 is 1.00 bits per heavy atom. The SMILES string of the molecule is Cc1ccc(C)c(CNC(C)Cc2ccccc2)c1. The van der Waals surface area contributed by atoms with E-state index in [0.717, 1.165) is 13.0 Å². The summed E-state index contributed by atoms with van der Waals surface area (Å²) in [6.07, 6.45) is 1.08. The van der Waals surface area contributed by atoms with Crippen molar-refractivity contribution in [1.29, 1.82) is 0 Å². The number of rotatable bonds is 5. The molecule has 0 bridgehead atoms. The van der Waals surface area contributed by atoms with Gasteiger partial charge in [0.2, 0.25) is 0 Å². The number of benzene rings is 2. The van der Waals surface area contributed by atoms with Gasteiger partial charge in [-0.3, -0.25) is 0 Å². The molecule has 0 fully saturated rings. The predicted molar refractivity (Wildman–Crippen MR) is 82.4 cm³/mol. The molecule has 0 aliphatic carbocycles. The Morgan fingerprint density at radius 3 is 2.47 bits per heavy atom. The average Bonchev–Trinajstić information content (AvgIpc) is 2.41. The van der Waals surface area contributed by atoms with Crippen molar-refractivity contribution in [3.05, 3.63) is 70.8 Å². The van der Waals surface area contributed by atoms with Crippen molar-refractivity contribution >= 4 is 0 Å². The maximum Gasteiger partial charge on any atom is 0.0210 e. The first kappa shape index (κ1) is 13.8. The Morgan fingerprint density at radius 2 is 1.74 bits per heavy atom. The van der Waals surface area contributed by atoms with Crippen molar-refractivity contribution in [1.82, 2.24) is 5.32 Å². The third kappa shape index (κ3) is 4.22. The summed E-state index contributed by atoms with van der Waals surface area (Å²) in [5.74, 6) is 0. The molecule has 2 rings (SSSR count). The molecule has 100 valence electrons. The number of aryl methyl sites for hydroxylation is 2. The highest BCUT2D eigenvalue weighted by atomic mass is 14.9. The van der Waals surface area contributed by atoms with Crippen LogP contribution in [0.3, 0.4) is 0 Å². The van der Waals surface area contributed by atoms with E-state index in [1.165, 1.54) is 22.3 Å². The van der Waals surface area contributed by atoms with Crippen LogP contribution in [0.15, 0.2) is 48.5 Å². The maximum atomic E-state index is 3.62. The van der Waals surface area contributed by atoms with Gasteiger partial charge in [-0.05, 0) is 43.9 Å². The summed E-state index contributed by atoms with van der Waals surface area (Å²) in [6, 6.07) is 17.8. The van der Waals surface area contributed by atoms with Crippen molar-refractivity contribution in [3.8, 4) is 0 Å². The minimum Gasteiger partial charge on any atom is -0.310 e. The number of nitrogens with one attached hydrogen (secondary N) is 1. The first-order chi connectivity index (χ1) is 9.15. The molecule has 1 unspecified atom stereocenters. The molecule has 1 atom stereocenters. The zero-order chi connectivity index (χ0) is 13.7. The van der Waals surface area contributed by atoms with Crippen molar-refractivity contribution in [2.45, 2.75) is 39.8 Å². The second-order valence-electron chi connectivity index (χ2n) is 5.40. The van der Waals surface area contributed by atoms with Gasteiger partial charge in [-0.15, -0.1) is 0 Å². The zero-order valence-electron chi connectivity index (χ0n) is 12.1. The topological polar surface area (TPSA) is 12.0 Å². The zero-order valence-corrected chi connectivity index (χ0v) is 12.1. The molecule has 19 heavy (non-hydrogen) atoms. The van der Waals surface area contributed by atoms with E-state index in [2.05, 4.69) is 74.6 Å². The first-order valence-electron chi connectivity index (χ1n) is 6.98. The lowest BCUT2D eigenvalue weighted by atomic mass is 10.0. The lowest BCUT2D eigenvalue weighted by molar-refractivity contribution is 0.544. The van der Waals surface area contributed by atoms with E-state index in [-0.39, 0.29) is 0 Å². The highest BCUT2D eigenvalue weighted by Crippen LogP contribution is 2.11. The lowest BCUT2D eigenvalue weighted by Gasteiger charge is -2.15. The molecule has 2 aromatic carbocycles. The van der Waals surface area contributed by atoms with E-state index in [1.807, 2.05) is 0 Å². The van der Waals surface area contributed by atoms with Crippen LogP contribution in [-0.2, 0) is 13.0 Å². The molecule has 0 amide bonds. The van der Waals surface area contributed by atoms with Gasteiger partial charge in [0.15, 0.2) is 0 Å². The van der Waals surface area contributed by atoms with Crippen LogP contribution in [-0.4, -0.2) is 6.04 Å². The summed E-state index contributed by atoms with van der Waals surface area (Å²) < 4.78 is 0. The minimum absolute atomic E-state index is 0.488. The lowest BCUT2D eigenvalue weighted by Crippen LogP contribution is -2.27. The molecule has 0 saturated heterocycles. The first-order valence-corrected chi connectivity index (χ1v) is 6.98. The van der Waals surface area contributed by atoms with Gasteiger partial charge in [0, 0.05) is 12.6 Å². The minimum atomic E-state index is 0.488. The molecule has 0 aromatic heterocycles. The van der Waals surface area contributed by atoms with Crippen molar-refractivity contribution in [2.24, 2.45) is 0 Å². The van der Waals surface area contributed by atoms with Gasteiger partial charge in [-0.25, -0.2) is 0 Å². The summed E-state index contributed by atoms with van der Waals surface area (Å²) in [5.41, 5.74) is 5.49. The van der Waals surface area contributed by atoms with Gasteiger partial charge in [0.25, 0.3) is 0 Å². The monoisotopic (exact) mass is 253 g/mol. The highest BCUT2D eigenvalue weighted by Gasteiger charge is 2.04. The van der Waals surface area contributed by atoms with Crippen LogP contribution < -0.4 is 5.32 Å². The summed E-state index contributed by atoms with van der Waals surface area (Å²) >= 11 is 0. The van der Waals surface area contributed by atoms with Crippen molar-refractivity contribution in [2.75, 3.05) is 0 Å². The maximum absolute atomic E-state index is 3.62. The Balaban J connectivity index is 1.90. The van der Waals surface area contributed by atoms with E-state index in [4.69, 9.17) is 0 Å². The van der Waals surface area contributed by atoms with Crippen LogP contribution in [0.5, 0.6) is 0 Å². The molecule has 1 heteroatoms. The third-order valence-corrected chi connectivity index (χ3v) is 3.53. The molecule has 0 saturated carbocycles. The Kier molecular flexibility index (Phi) is 4.75. The van der Waals surface area contributed by atoms with Crippen LogP contribution in [0.1, 0.15) is 29.2 Å². The standard InChI is InChI=1S/C18H23N/c1-14-9-10-15(2)18(11-14)13-19-16(3)12-17-7-5-4-6-8-17/h4-11,16,19H,12-13H2,1-3H3. The van der Waals surface area contributed by atoms with Crippen molar-refractivity contribution < 1.29 is 0 Å². The summed E-state index contributed by atoms with van der Waals surface area (Å²) in [5, 5.41) is 3.62. The third-order valence-electron chi connectivity index (χ3n) is 3.53. The van der Waals surface area contributed by atoms with Crippen LogP contribution in [0, 0.1) is 13.8 Å². The predicted octanol–water partition coefficient (Wildman–Crippen LogP) is 4.02. The van der Waals surface area contributed by atoms with E-state index in [1.54, 1.807) is 0 Å². The Hall–Kier alpha value is -1.60. The fourth-order valence-corrected chi connectivity index (χ4v) is 2.31. The highest BCUT2D eigenvalue weighted by molar-refractivity contribution is 5.30. The van der Waals surface area contributed by atoms with E-state index in [9.17, 15) is 0 Å². The molecule has 0 aliphatic rings. The Bertz CT molecular complexity index is 516. The van der Waals surface area contributed by atoms with Gasteiger partial charge in [-0.2, -0.15) is 0 Å². The molecule has 0 heterocycles. The molecule has 1 N–H and O–H groups in total. The summed E-state index contributed by atoms with van der Waals surface area (Å²) in [6.45, 7) is 7.52. The van der Waals surface area contributed by atoms with Gasteiger partial charge in [0.1, 0.15) is 0 Å². The molecule has 0 radical (unpaired) electrons. The van der Waals surface area contributed by atoms with Crippen LogP contribution in [0.2, 0.25) is 0 Å². The molecule has 2 aromatic rings. The van der Waals surface area contributed by atoms with Crippen molar-refractivity contribution in [3.63, 3.8) is 0 Å². The molecular formula is C18H23N. The van der Waals surface area contributed by atoms with Crippen LogP contribution in [0.25, 0.3) is 0 Å². The van der Waals surface area contributed by atoms with Gasteiger partial charge >= 0.3 is 0 Å². The second-order valence-corrected chi connectivity index (χ2v) is 5.40. The van der Waals surface area contributed by atoms with Gasteiger partial charge in [0.05, 0.1) is 0 Å². The largest absolute Gasteiger partial charge is 0.310 e. The quantitative estimate of drug-likeness (QED) is 0.848.